The van der Waals surface area contributed by atoms with Gasteiger partial charge in [0, 0.05) is 0 Å². The Balaban J connectivity index is 1.49. The SMILES string of the molecule is C[C@@H](NC(=O)C[NH+]1CCN(c2ccccc2O)CC1)c1ccc(Cl)c(Cl)c1. The standard InChI is InChI=1S/C20H23Cl2N3O2/c1-14(15-6-7-16(21)17(22)12-15)23-20(27)13-24-8-10-25(11-9-24)18-4-2-3-5-19(18)26/h2-7,12,14,26H,8-11,13H2,1H3,(H,23,27)/p+1/t14-/m1/s1. The van der Waals surface area contributed by atoms with E-state index in [4.69, 9.17) is 23.2 Å². The number of nitrogens with one attached hydrogen (secondary N) is 2. The van der Waals surface area contributed by atoms with E-state index in [1.807, 2.05) is 31.2 Å². The molecule has 0 radical (unpaired) electrons. The van der Waals surface area contributed by atoms with Gasteiger partial charge in [0.1, 0.15) is 5.75 Å². The molecule has 2 aromatic carbocycles. The Morgan fingerprint density at radius 1 is 1.19 bits per heavy atom. The highest BCUT2D eigenvalue weighted by Gasteiger charge is 2.24. The molecule has 1 saturated heterocycles. The van der Waals surface area contributed by atoms with Crippen LogP contribution in [-0.2, 0) is 4.79 Å². The number of hydrogen-bond donors (Lipinski definition) is 3. The van der Waals surface area contributed by atoms with Gasteiger partial charge in [0.2, 0.25) is 0 Å². The Bertz CT molecular complexity index is 808. The molecular formula is C20H24Cl2N3O2+. The molecule has 0 unspecified atom stereocenters. The number of para-hydroxylation sites is 2. The van der Waals surface area contributed by atoms with Crippen LogP contribution in [0.25, 0.3) is 0 Å². The highest BCUT2D eigenvalue weighted by atomic mass is 35.5. The number of carbonyl (C=O) groups is 1. The predicted molar refractivity (Wildman–Crippen MR) is 109 cm³/mol. The maximum atomic E-state index is 12.4. The maximum absolute atomic E-state index is 12.4. The van der Waals surface area contributed by atoms with Crippen LogP contribution in [0.3, 0.4) is 0 Å². The lowest BCUT2D eigenvalue weighted by molar-refractivity contribution is -0.892. The third kappa shape index (κ3) is 5.06. The lowest BCUT2D eigenvalue weighted by Gasteiger charge is -2.33. The summed E-state index contributed by atoms with van der Waals surface area (Å²) in [4.78, 5) is 15.8. The van der Waals surface area contributed by atoms with Gasteiger partial charge in [0.15, 0.2) is 6.54 Å². The molecule has 0 saturated carbocycles. The zero-order valence-electron chi connectivity index (χ0n) is 15.2. The molecule has 7 heteroatoms. The summed E-state index contributed by atoms with van der Waals surface area (Å²) in [6.45, 7) is 5.68. The monoisotopic (exact) mass is 408 g/mol. The van der Waals surface area contributed by atoms with Crippen LogP contribution in [-0.4, -0.2) is 43.7 Å². The van der Waals surface area contributed by atoms with Crippen molar-refractivity contribution in [3.8, 4) is 5.75 Å². The van der Waals surface area contributed by atoms with E-state index in [0.29, 0.717) is 22.3 Å². The molecule has 0 aliphatic carbocycles. The van der Waals surface area contributed by atoms with E-state index in [-0.39, 0.29) is 11.9 Å². The number of piperazine rings is 1. The van der Waals surface area contributed by atoms with Gasteiger partial charge in [-0.2, -0.15) is 0 Å². The quantitative estimate of drug-likeness (QED) is 0.711. The van der Waals surface area contributed by atoms with Crippen molar-refractivity contribution in [1.29, 1.82) is 0 Å². The molecule has 27 heavy (non-hydrogen) atoms. The van der Waals surface area contributed by atoms with Crippen LogP contribution in [0.15, 0.2) is 42.5 Å². The molecular weight excluding hydrogens is 385 g/mol. The first kappa shape index (κ1) is 19.8. The molecule has 1 heterocycles. The van der Waals surface area contributed by atoms with Gasteiger partial charge in [0.25, 0.3) is 5.91 Å². The van der Waals surface area contributed by atoms with Crippen LogP contribution in [0.5, 0.6) is 5.75 Å². The number of phenols is 1. The van der Waals surface area contributed by atoms with Crippen LogP contribution in [0.1, 0.15) is 18.5 Å². The number of nitrogens with zero attached hydrogens (tertiary/aromatic N) is 1. The van der Waals surface area contributed by atoms with Crippen molar-refractivity contribution in [2.45, 2.75) is 13.0 Å². The summed E-state index contributed by atoms with van der Waals surface area (Å²) in [5, 5.41) is 14.0. The van der Waals surface area contributed by atoms with Crippen LogP contribution in [0.4, 0.5) is 5.69 Å². The van der Waals surface area contributed by atoms with Crippen molar-refractivity contribution in [2.24, 2.45) is 0 Å². The molecule has 3 N–H and O–H groups in total. The van der Waals surface area contributed by atoms with E-state index in [9.17, 15) is 9.90 Å². The Labute approximate surface area is 169 Å². The minimum atomic E-state index is -0.130. The second-order valence-corrected chi connectivity index (χ2v) is 7.68. The zero-order chi connectivity index (χ0) is 19.4. The summed E-state index contributed by atoms with van der Waals surface area (Å²) >= 11 is 12.0. The second kappa shape index (κ2) is 8.83. The fraction of sp³-hybridized carbons (Fsp3) is 0.350. The van der Waals surface area contributed by atoms with Gasteiger partial charge in [-0.3, -0.25) is 4.79 Å². The van der Waals surface area contributed by atoms with Crippen molar-refractivity contribution in [3.63, 3.8) is 0 Å². The second-order valence-electron chi connectivity index (χ2n) is 6.87. The Morgan fingerprint density at radius 2 is 1.89 bits per heavy atom. The molecule has 0 aromatic heterocycles. The highest BCUT2D eigenvalue weighted by Crippen LogP contribution is 2.26. The maximum Gasteiger partial charge on any atom is 0.275 e. The normalized spacial score (nSPS) is 16.2. The van der Waals surface area contributed by atoms with Crippen LogP contribution in [0.2, 0.25) is 10.0 Å². The Kier molecular flexibility index (Phi) is 6.47. The van der Waals surface area contributed by atoms with Crippen molar-refractivity contribution in [1.82, 2.24) is 5.32 Å². The van der Waals surface area contributed by atoms with Crippen molar-refractivity contribution >= 4 is 34.8 Å². The number of quaternary nitrogens is 1. The minimum Gasteiger partial charge on any atom is -0.506 e. The Morgan fingerprint density at radius 3 is 2.56 bits per heavy atom. The number of rotatable bonds is 5. The van der Waals surface area contributed by atoms with Crippen LogP contribution >= 0.6 is 23.2 Å². The number of benzene rings is 2. The average Bonchev–Trinajstić information content (AvgIpc) is 2.65. The third-order valence-corrected chi connectivity index (χ3v) is 5.66. The fourth-order valence-electron chi connectivity index (χ4n) is 3.36. The van der Waals surface area contributed by atoms with Gasteiger partial charge in [-0.25, -0.2) is 0 Å². The molecule has 0 bridgehead atoms. The number of carbonyl (C=O) groups excluding carboxylic acids is 1. The van der Waals surface area contributed by atoms with Gasteiger partial charge in [-0.05, 0) is 36.8 Å². The lowest BCUT2D eigenvalue weighted by atomic mass is 10.1. The summed E-state index contributed by atoms with van der Waals surface area (Å²) < 4.78 is 0. The zero-order valence-corrected chi connectivity index (χ0v) is 16.7. The number of aromatic hydroxyl groups is 1. The van der Waals surface area contributed by atoms with Gasteiger partial charge >= 0.3 is 0 Å². The highest BCUT2D eigenvalue weighted by molar-refractivity contribution is 6.42. The smallest absolute Gasteiger partial charge is 0.275 e. The first-order chi connectivity index (χ1) is 12.9. The van der Waals surface area contributed by atoms with Crippen molar-refractivity contribution < 1.29 is 14.8 Å². The Hall–Kier alpha value is -1.95. The number of hydrogen-bond acceptors (Lipinski definition) is 3. The number of amides is 1. The van der Waals surface area contributed by atoms with Gasteiger partial charge in [-0.1, -0.05) is 41.4 Å². The number of halogens is 2. The van der Waals surface area contributed by atoms with Crippen LogP contribution in [0, 0.1) is 0 Å². The predicted octanol–water partition coefficient (Wildman–Crippen LogP) is 2.28. The average molecular weight is 409 g/mol. The number of phenolic OH excluding ortho intramolecular Hbond substituents is 1. The first-order valence-electron chi connectivity index (χ1n) is 9.05. The molecule has 1 fully saturated rings. The topological polar surface area (TPSA) is 57.0 Å². The van der Waals surface area contributed by atoms with E-state index < -0.39 is 0 Å². The summed E-state index contributed by atoms with van der Waals surface area (Å²) in [5.74, 6) is 0.314. The van der Waals surface area contributed by atoms with Gasteiger partial charge < -0.3 is 20.2 Å². The van der Waals surface area contributed by atoms with E-state index >= 15 is 0 Å². The molecule has 1 aliphatic rings. The minimum absolute atomic E-state index is 0.0135. The molecule has 1 aliphatic heterocycles. The van der Waals surface area contributed by atoms with Crippen molar-refractivity contribution in [2.75, 3.05) is 37.6 Å². The molecule has 144 valence electrons. The van der Waals surface area contributed by atoms with Gasteiger partial charge in [0.05, 0.1) is 48.0 Å². The first-order valence-corrected chi connectivity index (χ1v) is 9.80. The van der Waals surface area contributed by atoms with Crippen LogP contribution < -0.4 is 15.1 Å². The molecule has 2 aromatic rings. The summed E-state index contributed by atoms with van der Waals surface area (Å²) in [6, 6.07) is 12.6. The molecule has 1 atom stereocenters. The summed E-state index contributed by atoms with van der Waals surface area (Å²) in [6.07, 6.45) is 0. The summed E-state index contributed by atoms with van der Waals surface area (Å²) in [5.41, 5.74) is 1.78. The van der Waals surface area contributed by atoms with Gasteiger partial charge in [-0.15, -0.1) is 0 Å². The van der Waals surface area contributed by atoms with E-state index in [0.717, 1.165) is 37.4 Å². The summed E-state index contributed by atoms with van der Waals surface area (Å²) in [7, 11) is 0. The fourth-order valence-corrected chi connectivity index (χ4v) is 3.66. The third-order valence-electron chi connectivity index (χ3n) is 4.92. The lowest BCUT2D eigenvalue weighted by Crippen LogP contribution is -3.15. The van der Waals surface area contributed by atoms with E-state index in [1.165, 1.54) is 4.90 Å². The van der Waals surface area contributed by atoms with Crippen molar-refractivity contribution in [3.05, 3.63) is 58.1 Å². The molecule has 5 nitrogen and oxygen atoms in total. The molecule has 0 spiro atoms. The molecule has 3 rings (SSSR count). The number of anilines is 1. The largest absolute Gasteiger partial charge is 0.506 e. The van der Waals surface area contributed by atoms with E-state index in [2.05, 4.69) is 10.2 Å². The molecule has 1 amide bonds. The van der Waals surface area contributed by atoms with E-state index in [1.54, 1.807) is 18.2 Å².